The van der Waals surface area contributed by atoms with E-state index in [1.165, 1.54) is 0 Å². The molecule has 0 aliphatic heterocycles. The zero-order valence-corrected chi connectivity index (χ0v) is 36.6. The maximum Gasteiger partial charge on any atom is 0.343 e. The van der Waals surface area contributed by atoms with Crippen LogP contribution in [0.15, 0.2) is 194 Å². The molecule has 67 heavy (non-hydrogen) atoms. The topological polar surface area (TPSA) is 81.7 Å². The summed E-state index contributed by atoms with van der Waals surface area (Å²) in [4.78, 5) is 13.9. The first-order valence-electron chi connectivity index (χ1n) is 21.6. The van der Waals surface area contributed by atoms with E-state index in [1.807, 2.05) is 158 Å². The van der Waals surface area contributed by atoms with Crippen LogP contribution in [0, 0.1) is 24.7 Å². The summed E-state index contributed by atoms with van der Waals surface area (Å²) < 4.78 is 43.7. The number of hydrogen-bond acceptors (Lipinski definition) is 8. The van der Waals surface area contributed by atoms with Crippen molar-refractivity contribution in [3.05, 3.63) is 244 Å². The molecule has 8 nitrogen and oxygen atoms in total. The fourth-order valence-corrected chi connectivity index (χ4v) is 6.91. The number of ether oxygens (including phenoxy) is 7. The number of carbonyl (C=O) groups excluding carboxylic acids is 1. The molecular weight excluding hydrogens is 837 g/mol. The van der Waals surface area contributed by atoms with Gasteiger partial charge in [-0.15, -0.1) is 12.8 Å². The van der Waals surface area contributed by atoms with E-state index in [0.29, 0.717) is 72.1 Å². The molecule has 0 radical (unpaired) electrons. The van der Waals surface area contributed by atoms with Crippen LogP contribution in [0.2, 0.25) is 0 Å². The number of rotatable bonds is 20. The average Bonchev–Trinajstić information content (AvgIpc) is 3.38. The van der Waals surface area contributed by atoms with Gasteiger partial charge in [-0.3, -0.25) is 0 Å². The van der Waals surface area contributed by atoms with Gasteiger partial charge in [0.05, 0.1) is 5.56 Å². The molecule has 8 aromatic rings. The monoisotopic (exact) mass is 882 g/mol. The average molecular weight is 883 g/mol. The summed E-state index contributed by atoms with van der Waals surface area (Å²) in [5, 5.41) is 0. The fraction of sp³-hybridized carbons (Fsp3) is 0.102. The summed E-state index contributed by atoms with van der Waals surface area (Å²) in [7, 11) is 0. The zero-order valence-electron chi connectivity index (χ0n) is 36.6. The molecule has 8 rings (SSSR count). The first-order valence-corrected chi connectivity index (χ1v) is 21.6. The van der Waals surface area contributed by atoms with Crippen molar-refractivity contribution < 1.29 is 38.0 Å². The van der Waals surface area contributed by atoms with Crippen LogP contribution in [0.1, 0.15) is 54.9 Å². The Hall–Kier alpha value is -8.85. The molecule has 330 valence electrons. The third-order valence-electron chi connectivity index (χ3n) is 10.3. The van der Waals surface area contributed by atoms with Crippen molar-refractivity contribution in [1.29, 1.82) is 0 Å². The van der Waals surface area contributed by atoms with Gasteiger partial charge in [-0.1, -0.05) is 133 Å². The minimum Gasteiger partial charge on any atom is -0.489 e. The lowest BCUT2D eigenvalue weighted by Gasteiger charge is -2.16. The van der Waals surface area contributed by atoms with Crippen molar-refractivity contribution in [2.75, 3.05) is 0 Å². The number of esters is 1. The van der Waals surface area contributed by atoms with E-state index in [2.05, 4.69) is 11.8 Å². The molecule has 0 aliphatic rings. The normalized spacial score (nSPS) is 10.5. The highest BCUT2D eigenvalue weighted by atomic mass is 16.5. The van der Waals surface area contributed by atoms with Crippen LogP contribution in [-0.4, -0.2) is 5.97 Å². The van der Waals surface area contributed by atoms with E-state index >= 15 is 0 Å². The smallest absolute Gasteiger partial charge is 0.343 e. The van der Waals surface area contributed by atoms with Gasteiger partial charge in [0.25, 0.3) is 0 Å². The molecule has 0 aromatic heterocycles. The van der Waals surface area contributed by atoms with Crippen LogP contribution in [0.5, 0.6) is 40.2 Å². The summed E-state index contributed by atoms with van der Waals surface area (Å²) in [5.74, 6) is 7.77. The molecule has 0 N–H and O–H groups in total. The van der Waals surface area contributed by atoms with E-state index in [9.17, 15) is 4.79 Å². The van der Waals surface area contributed by atoms with E-state index < -0.39 is 5.97 Å². The molecule has 8 aromatic carbocycles. The van der Waals surface area contributed by atoms with Crippen LogP contribution in [0.4, 0.5) is 0 Å². The summed E-state index contributed by atoms with van der Waals surface area (Å²) >= 11 is 0. The van der Waals surface area contributed by atoms with Gasteiger partial charge < -0.3 is 33.2 Å². The summed E-state index contributed by atoms with van der Waals surface area (Å²) in [6.45, 7) is 1.66. The Balaban J connectivity index is 1.06. The quantitative estimate of drug-likeness (QED) is 0.0425. The Morgan fingerprint density at radius 1 is 0.328 bits per heavy atom. The lowest BCUT2D eigenvalue weighted by Crippen LogP contribution is -2.10. The van der Waals surface area contributed by atoms with Gasteiger partial charge in [0.2, 0.25) is 0 Å². The molecule has 8 heteroatoms. The van der Waals surface area contributed by atoms with Crippen molar-refractivity contribution in [3.8, 4) is 64.9 Å². The first-order chi connectivity index (χ1) is 32.9. The minimum absolute atomic E-state index is 0.0980. The Bertz CT molecular complexity index is 2660. The van der Waals surface area contributed by atoms with Crippen LogP contribution >= 0.6 is 0 Å². The van der Waals surface area contributed by atoms with Crippen molar-refractivity contribution in [1.82, 2.24) is 0 Å². The van der Waals surface area contributed by atoms with Crippen molar-refractivity contribution in [2.45, 2.75) is 39.6 Å². The van der Waals surface area contributed by atoms with Gasteiger partial charge >= 0.3 is 5.97 Å². The molecule has 0 unspecified atom stereocenters. The maximum absolute atomic E-state index is 13.9. The van der Waals surface area contributed by atoms with E-state index in [4.69, 9.17) is 46.0 Å². The fourth-order valence-electron chi connectivity index (χ4n) is 6.91. The second-order valence-corrected chi connectivity index (χ2v) is 15.4. The number of benzene rings is 8. The van der Waals surface area contributed by atoms with Crippen LogP contribution < -0.4 is 33.2 Å². The minimum atomic E-state index is -0.673. The summed E-state index contributed by atoms with van der Waals surface area (Å²) in [6, 6.07) is 60.7. The maximum atomic E-state index is 13.9. The van der Waals surface area contributed by atoms with Crippen molar-refractivity contribution >= 4 is 5.97 Å². The molecule has 0 atom stereocenters. The molecule has 0 aliphatic carbocycles. The molecule has 0 bridgehead atoms. The van der Waals surface area contributed by atoms with E-state index in [0.717, 1.165) is 33.4 Å². The second-order valence-electron chi connectivity index (χ2n) is 15.4. The van der Waals surface area contributed by atoms with Crippen LogP contribution in [-0.2, 0) is 39.6 Å². The Morgan fingerprint density at radius 3 is 0.910 bits per heavy atom. The van der Waals surface area contributed by atoms with Gasteiger partial charge in [-0.25, -0.2) is 4.79 Å². The lowest BCUT2D eigenvalue weighted by molar-refractivity contribution is 0.0733. The number of carbonyl (C=O) groups is 1. The predicted octanol–water partition coefficient (Wildman–Crippen LogP) is 12.3. The van der Waals surface area contributed by atoms with Crippen LogP contribution in [0.25, 0.3) is 0 Å². The second kappa shape index (κ2) is 22.7. The molecule has 0 spiro atoms. The predicted molar refractivity (Wildman–Crippen MR) is 258 cm³/mol. The van der Waals surface area contributed by atoms with Crippen molar-refractivity contribution in [2.24, 2.45) is 0 Å². The number of hydrogen-bond donors (Lipinski definition) is 0. The third-order valence-corrected chi connectivity index (χ3v) is 10.3. The molecular formula is C59H46O8. The molecule has 0 saturated carbocycles. The van der Waals surface area contributed by atoms with Gasteiger partial charge in [-0.05, 0) is 88.0 Å². The number of terminal acetylenes is 2. The third kappa shape index (κ3) is 13.6. The van der Waals surface area contributed by atoms with E-state index in [1.54, 1.807) is 36.4 Å². The SMILES string of the molecule is C#Cc1cc(C#C)cc(OC(=O)c2cc(OCc3cc(OCc4ccccc4)cc(OCc4ccccc4)c3)cc(OCc3cc(OCc4ccccc4)cc(OCc4ccccc4)c3)c2)c1. The standard InChI is InChI=1S/C59H46O8/c1-3-43-25-44(4-2)27-58(26-43)67-59(60)51-32-56(65-41-49-28-52(61-37-45-17-9-5-10-18-45)34-53(29-49)62-38-46-19-11-6-12-20-46)36-57(33-51)66-42-50-30-54(63-39-47-21-13-7-14-22-47)35-55(31-50)64-40-48-23-15-8-16-24-48/h1-2,5-36H,37-42H2. The van der Waals surface area contributed by atoms with Gasteiger partial charge in [-0.2, -0.15) is 0 Å². The molecule has 0 amide bonds. The van der Waals surface area contributed by atoms with Crippen molar-refractivity contribution in [3.63, 3.8) is 0 Å². The first kappa shape index (κ1) is 44.7. The summed E-state index contributed by atoms with van der Waals surface area (Å²) in [5.41, 5.74) is 6.76. The zero-order chi connectivity index (χ0) is 46.0. The Labute approximate surface area is 391 Å². The Morgan fingerprint density at radius 2 is 0.612 bits per heavy atom. The molecule has 0 fully saturated rings. The molecule has 0 heterocycles. The highest BCUT2D eigenvalue weighted by molar-refractivity contribution is 5.92. The highest BCUT2D eigenvalue weighted by Gasteiger charge is 2.16. The van der Waals surface area contributed by atoms with Gasteiger partial charge in [0, 0.05) is 29.3 Å². The van der Waals surface area contributed by atoms with Crippen LogP contribution in [0.3, 0.4) is 0 Å². The van der Waals surface area contributed by atoms with E-state index in [-0.39, 0.29) is 24.5 Å². The lowest BCUT2D eigenvalue weighted by atomic mass is 10.1. The van der Waals surface area contributed by atoms with Gasteiger partial charge in [0.15, 0.2) is 0 Å². The Kier molecular flexibility index (Phi) is 15.1. The largest absolute Gasteiger partial charge is 0.489 e. The van der Waals surface area contributed by atoms with Gasteiger partial charge in [0.1, 0.15) is 79.9 Å². The molecule has 0 saturated heterocycles. The highest BCUT2D eigenvalue weighted by Crippen LogP contribution is 2.31. The summed E-state index contributed by atoms with van der Waals surface area (Å²) in [6.07, 6.45) is 11.3.